The van der Waals surface area contributed by atoms with E-state index in [4.69, 9.17) is 0 Å². The van der Waals surface area contributed by atoms with E-state index in [0.29, 0.717) is 0 Å². The minimum Gasteiger partial charge on any atom is -0.481 e. The fourth-order valence-electron chi connectivity index (χ4n) is 2.69. The fraction of sp³-hybridized carbons (Fsp3) is 0.316. The number of rotatable bonds is 5. The van der Waals surface area contributed by atoms with Gasteiger partial charge in [-0.3, -0.25) is 4.79 Å². The maximum absolute atomic E-state index is 11.2. The van der Waals surface area contributed by atoms with Crippen molar-refractivity contribution in [2.45, 2.75) is 39.0 Å². The summed E-state index contributed by atoms with van der Waals surface area (Å²) in [6.07, 6.45) is 0.151. The number of aryl methyl sites for hydroxylation is 2. The van der Waals surface area contributed by atoms with Gasteiger partial charge in [0.05, 0.1) is 6.42 Å². The zero-order valence-electron chi connectivity index (χ0n) is 12.8. The number of carboxylic acids is 1. The van der Waals surface area contributed by atoms with Crippen LogP contribution in [-0.2, 0) is 4.79 Å². The van der Waals surface area contributed by atoms with Crippen LogP contribution in [0.1, 0.15) is 47.4 Å². The average Bonchev–Trinajstić information content (AvgIpc) is 2.46. The lowest BCUT2D eigenvalue weighted by Crippen LogP contribution is -2.13. The Morgan fingerprint density at radius 3 is 1.76 bits per heavy atom. The number of aliphatic carboxylic acids is 1. The highest BCUT2D eigenvalue weighted by molar-refractivity contribution is 5.68. The van der Waals surface area contributed by atoms with Crippen molar-refractivity contribution in [3.63, 3.8) is 0 Å². The lowest BCUT2D eigenvalue weighted by Gasteiger charge is -2.24. The molecule has 0 fully saturated rings. The van der Waals surface area contributed by atoms with Gasteiger partial charge in [0, 0.05) is 5.92 Å². The van der Waals surface area contributed by atoms with Gasteiger partial charge in [0.2, 0.25) is 0 Å². The fourth-order valence-corrected chi connectivity index (χ4v) is 2.69. The van der Waals surface area contributed by atoms with Gasteiger partial charge in [-0.1, -0.05) is 66.6 Å². The van der Waals surface area contributed by atoms with Crippen LogP contribution in [-0.4, -0.2) is 11.1 Å². The molecule has 2 atom stereocenters. The third-order valence-corrected chi connectivity index (χ3v) is 4.11. The maximum Gasteiger partial charge on any atom is 0.303 e. The Bertz CT molecular complexity index is 596. The van der Waals surface area contributed by atoms with Gasteiger partial charge in [-0.05, 0) is 30.9 Å². The van der Waals surface area contributed by atoms with Crippen LogP contribution in [0.2, 0.25) is 0 Å². The molecule has 1 N–H and O–H groups in total. The Morgan fingerprint density at radius 2 is 1.33 bits per heavy atom. The summed E-state index contributed by atoms with van der Waals surface area (Å²) in [6.45, 7) is 6.21. The molecule has 0 radical (unpaired) electrons. The molecule has 0 saturated carbocycles. The molecule has 2 nitrogen and oxygen atoms in total. The van der Waals surface area contributed by atoms with E-state index >= 15 is 0 Å². The number of hydrogen-bond donors (Lipinski definition) is 1. The Labute approximate surface area is 126 Å². The molecule has 2 rings (SSSR count). The summed E-state index contributed by atoms with van der Waals surface area (Å²) in [7, 11) is 0. The highest BCUT2D eigenvalue weighted by atomic mass is 16.4. The Balaban J connectivity index is 2.32. The third kappa shape index (κ3) is 3.94. The van der Waals surface area contributed by atoms with Crippen molar-refractivity contribution in [1.82, 2.24) is 0 Å². The first-order valence-corrected chi connectivity index (χ1v) is 7.32. The van der Waals surface area contributed by atoms with Crippen LogP contribution in [0.4, 0.5) is 0 Å². The second-order valence-corrected chi connectivity index (χ2v) is 5.81. The molecular weight excluding hydrogens is 260 g/mol. The van der Waals surface area contributed by atoms with Crippen LogP contribution in [0.15, 0.2) is 48.5 Å². The van der Waals surface area contributed by atoms with Crippen molar-refractivity contribution in [3.8, 4) is 0 Å². The minimum atomic E-state index is -0.750. The molecule has 0 aliphatic carbocycles. The zero-order chi connectivity index (χ0) is 15.4. The van der Waals surface area contributed by atoms with Gasteiger partial charge in [0.25, 0.3) is 0 Å². The largest absolute Gasteiger partial charge is 0.481 e. The van der Waals surface area contributed by atoms with Gasteiger partial charge in [0.1, 0.15) is 0 Å². The molecule has 0 amide bonds. The van der Waals surface area contributed by atoms with Gasteiger partial charge in [-0.25, -0.2) is 0 Å². The summed E-state index contributed by atoms with van der Waals surface area (Å²) >= 11 is 0. The van der Waals surface area contributed by atoms with Crippen LogP contribution >= 0.6 is 0 Å². The van der Waals surface area contributed by atoms with Crippen molar-refractivity contribution >= 4 is 5.97 Å². The van der Waals surface area contributed by atoms with Crippen LogP contribution in [0, 0.1) is 13.8 Å². The molecule has 0 aliphatic rings. The van der Waals surface area contributed by atoms with Crippen molar-refractivity contribution in [2.75, 3.05) is 0 Å². The summed E-state index contributed by atoms with van der Waals surface area (Å²) in [4.78, 5) is 11.2. The van der Waals surface area contributed by atoms with Gasteiger partial charge in [-0.15, -0.1) is 0 Å². The van der Waals surface area contributed by atoms with E-state index in [1.807, 2.05) is 31.2 Å². The SMILES string of the molecule is Cc1ccc(C(C)C(CC(=O)O)c2ccc(C)cc2)cc1. The second-order valence-electron chi connectivity index (χ2n) is 5.81. The highest BCUT2D eigenvalue weighted by Crippen LogP contribution is 2.35. The van der Waals surface area contributed by atoms with Crippen molar-refractivity contribution in [2.24, 2.45) is 0 Å². The molecule has 2 unspecified atom stereocenters. The predicted octanol–water partition coefficient (Wildman–Crippen LogP) is 4.67. The van der Waals surface area contributed by atoms with Crippen molar-refractivity contribution < 1.29 is 9.90 Å². The summed E-state index contributed by atoms with van der Waals surface area (Å²) in [5.74, 6) is -0.588. The van der Waals surface area contributed by atoms with Gasteiger partial charge >= 0.3 is 5.97 Å². The van der Waals surface area contributed by atoms with Crippen LogP contribution in [0.5, 0.6) is 0 Å². The third-order valence-electron chi connectivity index (χ3n) is 4.11. The van der Waals surface area contributed by atoms with Crippen molar-refractivity contribution in [1.29, 1.82) is 0 Å². The first kappa shape index (κ1) is 15.3. The van der Waals surface area contributed by atoms with Crippen LogP contribution < -0.4 is 0 Å². The first-order valence-electron chi connectivity index (χ1n) is 7.32. The molecule has 0 saturated heterocycles. The van der Waals surface area contributed by atoms with Gasteiger partial charge in [0.15, 0.2) is 0 Å². The van der Waals surface area contributed by atoms with Crippen LogP contribution in [0.3, 0.4) is 0 Å². The second kappa shape index (κ2) is 6.57. The van der Waals surface area contributed by atoms with E-state index in [9.17, 15) is 9.90 Å². The maximum atomic E-state index is 11.2. The number of benzene rings is 2. The van der Waals surface area contributed by atoms with E-state index in [0.717, 1.165) is 5.56 Å². The Hall–Kier alpha value is -2.09. The van der Waals surface area contributed by atoms with Crippen molar-refractivity contribution in [3.05, 3.63) is 70.8 Å². The van der Waals surface area contributed by atoms with Crippen LogP contribution in [0.25, 0.3) is 0 Å². The highest BCUT2D eigenvalue weighted by Gasteiger charge is 2.23. The van der Waals surface area contributed by atoms with Gasteiger partial charge in [-0.2, -0.15) is 0 Å². The van der Waals surface area contributed by atoms with E-state index in [1.54, 1.807) is 0 Å². The predicted molar refractivity (Wildman–Crippen MR) is 85.8 cm³/mol. The lowest BCUT2D eigenvalue weighted by molar-refractivity contribution is -0.137. The Kier molecular flexibility index (Phi) is 4.79. The zero-order valence-corrected chi connectivity index (χ0v) is 12.8. The Morgan fingerprint density at radius 1 is 0.905 bits per heavy atom. The quantitative estimate of drug-likeness (QED) is 0.865. The molecule has 0 heterocycles. The first-order chi connectivity index (χ1) is 9.97. The smallest absolute Gasteiger partial charge is 0.303 e. The molecule has 110 valence electrons. The summed E-state index contributed by atoms with van der Waals surface area (Å²) < 4.78 is 0. The van der Waals surface area contributed by atoms with Gasteiger partial charge < -0.3 is 5.11 Å². The summed E-state index contributed by atoms with van der Waals surface area (Å²) in [5, 5.41) is 9.24. The topological polar surface area (TPSA) is 37.3 Å². The molecule has 2 aromatic carbocycles. The number of carboxylic acid groups (broad SMARTS) is 1. The summed E-state index contributed by atoms with van der Waals surface area (Å²) in [6, 6.07) is 16.6. The van der Waals surface area contributed by atoms with E-state index in [-0.39, 0.29) is 18.3 Å². The number of hydrogen-bond acceptors (Lipinski definition) is 1. The standard InChI is InChI=1S/C19H22O2/c1-13-4-8-16(9-5-13)15(3)18(12-19(20)21)17-10-6-14(2)7-11-17/h4-11,15,18H,12H2,1-3H3,(H,20,21). The monoisotopic (exact) mass is 282 g/mol. The molecule has 0 aromatic heterocycles. The molecular formula is C19H22O2. The molecule has 0 bridgehead atoms. The lowest BCUT2D eigenvalue weighted by atomic mass is 9.80. The molecule has 0 spiro atoms. The summed E-state index contributed by atoms with van der Waals surface area (Å²) in [5.41, 5.74) is 4.69. The average molecular weight is 282 g/mol. The molecule has 2 aromatic rings. The minimum absolute atomic E-state index is 0.00851. The van der Waals surface area contributed by atoms with E-state index < -0.39 is 5.97 Å². The molecule has 21 heavy (non-hydrogen) atoms. The van der Waals surface area contributed by atoms with E-state index in [1.165, 1.54) is 16.7 Å². The number of carbonyl (C=O) groups is 1. The molecule has 2 heteroatoms. The van der Waals surface area contributed by atoms with E-state index in [2.05, 4.69) is 38.1 Å². The normalized spacial score (nSPS) is 13.7. The molecule has 0 aliphatic heterocycles.